The molecule has 0 aromatic rings. The zero-order valence-electron chi connectivity index (χ0n) is 13.4. The van der Waals surface area contributed by atoms with Crippen molar-refractivity contribution in [1.82, 2.24) is 10.2 Å². The van der Waals surface area contributed by atoms with Crippen molar-refractivity contribution in [2.24, 2.45) is 5.41 Å². The van der Waals surface area contributed by atoms with Gasteiger partial charge in [0, 0.05) is 12.1 Å². The Labute approximate surface area is 120 Å². The second-order valence-corrected chi connectivity index (χ2v) is 7.51. The van der Waals surface area contributed by atoms with E-state index in [0.717, 1.165) is 12.1 Å². The number of hydrogen-bond donors (Lipinski definition) is 1. The summed E-state index contributed by atoms with van der Waals surface area (Å²) in [5.41, 5.74) is 0.523. The molecule has 2 heteroatoms. The van der Waals surface area contributed by atoms with Crippen LogP contribution in [0.4, 0.5) is 0 Å². The van der Waals surface area contributed by atoms with Crippen LogP contribution in [0.2, 0.25) is 0 Å². The van der Waals surface area contributed by atoms with E-state index in [1.54, 1.807) is 0 Å². The SMILES string of the molecule is CN(CCCNC1CCCC1(C)C)C1CCCCC1. The molecule has 1 unspecified atom stereocenters. The van der Waals surface area contributed by atoms with Gasteiger partial charge in [0.1, 0.15) is 0 Å². The molecule has 2 fully saturated rings. The van der Waals surface area contributed by atoms with Crippen LogP contribution in [0.3, 0.4) is 0 Å². The van der Waals surface area contributed by atoms with E-state index in [1.807, 2.05) is 0 Å². The topological polar surface area (TPSA) is 15.3 Å². The van der Waals surface area contributed by atoms with Crippen molar-refractivity contribution in [1.29, 1.82) is 0 Å². The normalized spacial score (nSPS) is 28.1. The third kappa shape index (κ3) is 4.46. The minimum Gasteiger partial charge on any atom is -0.313 e. The maximum atomic E-state index is 3.80. The van der Waals surface area contributed by atoms with Crippen LogP contribution in [0.1, 0.15) is 71.6 Å². The van der Waals surface area contributed by atoms with Gasteiger partial charge in [-0.05, 0) is 57.7 Å². The zero-order valence-corrected chi connectivity index (χ0v) is 13.4. The smallest absolute Gasteiger partial charge is 0.0118 e. The van der Waals surface area contributed by atoms with E-state index in [1.165, 1.54) is 70.9 Å². The molecule has 0 aromatic heterocycles. The molecule has 0 aliphatic heterocycles. The lowest BCUT2D eigenvalue weighted by Gasteiger charge is -2.32. The highest BCUT2D eigenvalue weighted by atomic mass is 15.1. The van der Waals surface area contributed by atoms with Crippen LogP contribution in [-0.4, -0.2) is 37.1 Å². The van der Waals surface area contributed by atoms with Crippen LogP contribution in [0.15, 0.2) is 0 Å². The number of nitrogens with zero attached hydrogens (tertiary/aromatic N) is 1. The highest BCUT2D eigenvalue weighted by Crippen LogP contribution is 2.37. The van der Waals surface area contributed by atoms with Crippen molar-refractivity contribution >= 4 is 0 Å². The second kappa shape index (κ2) is 7.08. The fourth-order valence-corrected chi connectivity index (χ4v) is 4.01. The van der Waals surface area contributed by atoms with Gasteiger partial charge in [-0.25, -0.2) is 0 Å². The van der Waals surface area contributed by atoms with E-state index in [-0.39, 0.29) is 0 Å². The monoisotopic (exact) mass is 266 g/mol. The summed E-state index contributed by atoms with van der Waals surface area (Å²) >= 11 is 0. The highest BCUT2D eigenvalue weighted by Gasteiger charge is 2.33. The van der Waals surface area contributed by atoms with Crippen molar-refractivity contribution in [3.05, 3.63) is 0 Å². The Morgan fingerprint density at radius 1 is 1.05 bits per heavy atom. The van der Waals surface area contributed by atoms with E-state index in [9.17, 15) is 0 Å². The lowest BCUT2D eigenvalue weighted by molar-refractivity contribution is 0.187. The predicted octanol–water partition coefficient (Wildman–Crippen LogP) is 3.81. The fraction of sp³-hybridized carbons (Fsp3) is 1.00. The molecule has 2 rings (SSSR count). The maximum absolute atomic E-state index is 3.80. The number of nitrogens with one attached hydrogen (secondary N) is 1. The Bertz CT molecular complexity index is 256. The molecule has 112 valence electrons. The first-order valence-corrected chi connectivity index (χ1v) is 8.53. The molecule has 0 radical (unpaired) electrons. The molecular formula is C17H34N2. The summed E-state index contributed by atoms with van der Waals surface area (Å²) in [7, 11) is 2.33. The molecule has 2 nitrogen and oxygen atoms in total. The Hall–Kier alpha value is -0.0800. The average Bonchev–Trinajstić information content (AvgIpc) is 2.74. The van der Waals surface area contributed by atoms with Gasteiger partial charge in [-0.1, -0.05) is 39.5 Å². The van der Waals surface area contributed by atoms with Gasteiger partial charge in [0.05, 0.1) is 0 Å². The van der Waals surface area contributed by atoms with Crippen molar-refractivity contribution in [2.45, 2.75) is 83.7 Å². The summed E-state index contributed by atoms with van der Waals surface area (Å²) < 4.78 is 0. The Morgan fingerprint density at radius 2 is 1.79 bits per heavy atom. The molecule has 0 saturated heterocycles. The quantitative estimate of drug-likeness (QED) is 0.736. The molecule has 0 heterocycles. The van der Waals surface area contributed by atoms with Crippen molar-refractivity contribution < 1.29 is 0 Å². The first-order chi connectivity index (χ1) is 9.09. The molecular weight excluding hydrogens is 232 g/mol. The number of rotatable bonds is 6. The van der Waals surface area contributed by atoms with Gasteiger partial charge in [-0.15, -0.1) is 0 Å². The van der Waals surface area contributed by atoms with Crippen molar-refractivity contribution in [2.75, 3.05) is 20.1 Å². The summed E-state index contributed by atoms with van der Waals surface area (Å²) in [4.78, 5) is 2.61. The minimum absolute atomic E-state index is 0.523. The predicted molar refractivity (Wildman–Crippen MR) is 83.5 cm³/mol. The van der Waals surface area contributed by atoms with Gasteiger partial charge in [-0.3, -0.25) is 0 Å². The molecule has 1 atom stereocenters. The third-order valence-corrected chi connectivity index (χ3v) is 5.53. The Balaban J connectivity index is 1.58. The maximum Gasteiger partial charge on any atom is 0.0118 e. The van der Waals surface area contributed by atoms with E-state index < -0.39 is 0 Å². The van der Waals surface area contributed by atoms with Gasteiger partial charge in [0.2, 0.25) is 0 Å². The molecule has 0 spiro atoms. The first kappa shape index (κ1) is 15.3. The van der Waals surface area contributed by atoms with Gasteiger partial charge < -0.3 is 10.2 Å². The molecule has 2 aliphatic rings. The highest BCUT2D eigenvalue weighted by molar-refractivity contribution is 4.90. The summed E-state index contributed by atoms with van der Waals surface area (Å²) in [5.74, 6) is 0. The molecule has 2 saturated carbocycles. The van der Waals surface area contributed by atoms with Crippen LogP contribution < -0.4 is 5.32 Å². The van der Waals surface area contributed by atoms with Crippen molar-refractivity contribution in [3.8, 4) is 0 Å². The minimum atomic E-state index is 0.523. The summed E-state index contributed by atoms with van der Waals surface area (Å²) in [6.07, 6.45) is 12.7. The largest absolute Gasteiger partial charge is 0.313 e. The molecule has 2 aliphatic carbocycles. The van der Waals surface area contributed by atoms with Crippen LogP contribution in [0, 0.1) is 5.41 Å². The van der Waals surface area contributed by atoms with Gasteiger partial charge in [0.25, 0.3) is 0 Å². The summed E-state index contributed by atoms with van der Waals surface area (Å²) in [5, 5.41) is 3.80. The Kier molecular flexibility index (Phi) is 5.70. The molecule has 19 heavy (non-hydrogen) atoms. The van der Waals surface area contributed by atoms with Gasteiger partial charge >= 0.3 is 0 Å². The van der Waals surface area contributed by atoms with Gasteiger partial charge in [-0.2, -0.15) is 0 Å². The Morgan fingerprint density at radius 3 is 2.42 bits per heavy atom. The zero-order chi connectivity index (χ0) is 13.7. The molecule has 1 N–H and O–H groups in total. The van der Waals surface area contributed by atoms with Crippen LogP contribution in [0.25, 0.3) is 0 Å². The van der Waals surface area contributed by atoms with Crippen LogP contribution in [-0.2, 0) is 0 Å². The van der Waals surface area contributed by atoms with E-state index in [4.69, 9.17) is 0 Å². The number of hydrogen-bond acceptors (Lipinski definition) is 2. The van der Waals surface area contributed by atoms with E-state index in [2.05, 4.69) is 31.1 Å². The third-order valence-electron chi connectivity index (χ3n) is 5.53. The van der Waals surface area contributed by atoms with E-state index in [0.29, 0.717) is 5.41 Å². The first-order valence-electron chi connectivity index (χ1n) is 8.53. The van der Waals surface area contributed by atoms with Crippen molar-refractivity contribution in [3.63, 3.8) is 0 Å². The molecule has 0 bridgehead atoms. The summed E-state index contributed by atoms with van der Waals surface area (Å²) in [6, 6.07) is 1.63. The van der Waals surface area contributed by atoms with Gasteiger partial charge in [0.15, 0.2) is 0 Å². The average molecular weight is 266 g/mol. The van der Waals surface area contributed by atoms with Crippen LogP contribution >= 0.6 is 0 Å². The lowest BCUT2D eigenvalue weighted by atomic mass is 9.87. The summed E-state index contributed by atoms with van der Waals surface area (Å²) in [6.45, 7) is 7.31. The lowest BCUT2D eigenvalue weighted by Crippen LogP contribution is -2.40. The van der Waals surface area contributed by atoms with Crippen LogP contribution in [0.5, 0.6) is 0 Å². The van der Waals surface area contributed by atoms with E-state index >= 15 is 0 Å². The standard InChI is InChI=1S/C17H34N2/c1-17(2)12-7-11-16(17)18-13-8-14-19(3)15-9-5-4-6-10-15/h15-16,18H,4-14H2,1-3H3. The molecule has 0 amide bonds. The fourth-order valence-electron chi connectivity index (χ4n) is 4.01. The molecule has 0 aromatic carbocycles. The second-order valence-electron chi connectivity index (χ2n) is 7.51.